The van der Waals surface area contributed by atoms with E-state index in [2.05, 4.69) is 9.80 Å². The molecule has 1 aliphatic carbocycles. The summed E-state index contributed by atoms with van der Waals surface area (Å²) in [6.07, 6.45) is 12.9. The molecule has 0 aromatic carbocycles. The van der Waals surface area contributed by atoms with Crippen LogP contribution in [-0.4, -0.2) is 54.2 Å². The van der Waals surface area contributed by atoms with E-state index in [4.69, 9.17) is 0 Å². The fourth-order valence-electron chi connectivity index (χ4n) is 5.23. The molecule has 2 saturated heterocycles. The first-order valence-corrected chi connectivity index (χ1v) is 11.1. The third kappa shape index (κ3) is 5.55. The van der Waals surface area contributed by atoms with Crippen LogP contribution in [0.3, 0.4) is 0 Å². The standard InChI is InChI=1S/C22H38N2O2/c1-18(25)20-7-9-21(10-8-20)22(26)24-16-11-19(12-17-24)6-5-15-23-13-3-2-4-14-23/h19-21H,2-17H2,1H3. The van der Waals surface area contributed by atoms with E-state index < -0.39 is 0 Å². The zero-order valence-electron chi connectivity index (χ0n) is 16.8. The lowest BCUT2D eigenvalue weighted by atomic mass is 9.79. The second kappa shape index (κ2) is 9.87. The van der Waals surface area contributed by atoms with Gasteiger partial charge in [0.05, 0.1) is 0 Å². The van der Waals surface area contributed by atoms with Crippen LogP contribution in [0.1, 0.15) is 77.6 Å². The molecule has 3 rings (SSSR count). The first-order valence-electron chi connectivity index (χ1n) is 11.1. The number of Topliss-reactive ketones (excluding diaryl/α,β-unsaturated/α-hetero) is 1. The predicted molar refractivity (Wildman–Crippen MR) is 105 cm³/mol. The van der Waals surface area contributed by atoms with Crippen molar-refractivity contribution in [3.8, 4) is 0 Å². The molecule has 0 N–H and O–H groups in total. The first kappa shape index (κ1) is 19.9. The van der Waals surface area contributed by atoms with Crippen LogP contribution < -0.4 is 0 Å². The zero-order chi connectivity index (χ0) is 18.4. The third-order valence-corrected chi connectivity index (χ3v) is 7.11. The summed E-state index contributed by atoms with van der Waals surface area (Å²) in [7, 11) is 0. The number of carbonyl (C=O) groups excluding carboxylic acids is 2. The highest BCUT2D eigenvalue weighted by molar-refractivity contribution is 5.81. The van der Waals surface area contributed by atoms with Crippen LogP contribution in [0.4, 0.5) is 0 Å². The summed E-state index contributed by atoms with van der Waals surface area (Å²) in [6, 6.07) is 0. The van der Waals surface area contributed by atoms with E-state index in [9.17, 15) is 9.59 Å². The van der Waals surface area contributed by atoms with Gasteiger partial charge < -0.3 is 9.80 Å². The number of nitrogens with zero attached hydrogens (tertiary/aromatic N) is 2. The van der Waals surface area contributed by atoms with Crippen LogP contribution in [0.5, 0.6) is 0 Å². The summed E-state index contributed by atoms with van der Waals surface area (Å²) in [5, 5.41) is 0. The molecule has 1 saturated carbocycles. The van der Waals surface area contributed by atoms with E-state index >= 15 is 0 Å². The number of amides is 1. The molecule has 4 nitrogen and oxygen atoms in total. The fraction of sp³-hybridized carbons (Fsp3) is 0.909. The Morgan fingerprint density at radius 1 is 0.808 bits per heavy atom. The SMILES string of the molecule is CC(=O)C1CCC(C(=O)N2CCC(CCCN3CCCCC3)CC2)CC1. The van der Waals surface area contributed by atoms with Crippen molar-refractivity contribution >= 4 is 11.7 Å². The van der Waals surface area contributed by atoms with Crippen LogP contribution in [0.2, 0.25) is 0 Å². The molecule has 2 aliphatic heterocycles. The Kier molecular flexibility index (Phi) is 7.53. The van der Waals surface area contributed by atoms with Gasteiger partial charge in [0.25, 0.3) is 0 Å². The van der Waals surface area contributed by atoms with Gasteiger partial charge in [-0.2, -0.15) is 0 Å². The topological polar surface area (TPSA) is 40.6 Å². The summed E-state index contributed by atoms with van der Waals surface area (Å²) >= 11 is 0. The maximum atomic E-state index is 12.8. The number of ketones is 1. The molecule has 2 heterocycles. The van der Waals surface area contributed by atoms with E-state index in [0.29, 0.717) is 11.7 Å². The number of piperidine rings is 2. The van der Waals surface area contributed by atoms with Crippen molar-refractivity contribution in [3.05, 3.63) is 0 Å². The van der Waals surface area contributed by atoms with Crippen molar-refractivity contribution < 1.29 is 9.59 Å². The average molecular weight is 363 g/mol. The largest absolute Gasteiger partial charge is 0.342 e. The van der Waals surface area contributed by atoms with Crippen molar-refractivity contribution in [2.75, 3.05) is 32.7 Å². The van der Waals surface area contributed by atoms with E-state index in [1.54, 1.807) is 6.92 Å². The molecule has 4 heteroatoms. The number of hydrogen-bond acceptors (Lipinski definition) is 3. The lowest BCUT2D eigenvalue weighted by molar-refractivity contribution is -0.139. The van der Waals surface area contributed by atoms with Gasteiger partial charge in [0.1, 0.15) is 5.78 Å². The normalized spacial score (nSPS) is 28.9. The van der Waals surface area contributed by atoms with Crippen LogP contribution in [-0.2, 0) is 9.59 Å². The Morgan fingerprint density at radius 2 is 1.42 bits per heavy atom. The molecule has 26 heavy (non-hydrogen) atoms. The smallest absolute Gasteiger partial charge is 0.225 e. The summed E-state index contributed by atoms with van der Waals surface area (Å²) in [4.78, 5) is 29.1. The minimum Gasteiger partial charge on any atom is -0.342 e. The van der Waals surface area contributed by atoms with Crippen molar-refractivity contribution in [3.63, 3.8) is 0 Å². The molecule has 1 amide bonds. The summed E-state index contributed by atoms with van der Waals surface area (Å²) in [5.74, 6) is 1.89. The van der Waals surface area contributed by atoms with Crippen molar-refractivity contribution in [1.29, 1.82) is 0 Å². The molecule has 0 spiro atoms. The lowest BCUT2D eigenvalue weighted by Gasteiger charge is -2.36. The van der Waals surface area contributed by atoms with Gasteiger partial charge in [-0.25, -0.2) is 0 Å². The van der Waals surface area contributed by atoms with Gasteiger partial charge in [0, 0.05) is 24.9 Å². The Balaban J connectivity index is 1.31. The Bertz CT molecular complexity index is 457. The van der Waals surface area contributed by atoms with Crippen LogP contribution in [0, 0.1) is 17.8 Å². The van der Waals surface area contributed by atoms with Gasteiger partial charge in [-0.3, -0.25) is 9.59 Å². The van der Waals surface area contributed by atoms with Gasteiger partial charge in [-0.15, -0.1) is 0 Å². The van der Waals surface area contributed by atoms with E-state index in [0.717, 1.165) is 44.7 Å². The molecule has 3 aliphatic rings. The Morgan fingerprint density at radius 3 is 2.04 bits per heavy atom. The molecular weight excluding hydrogens is 324 g/mol. The first-order chi connectivity index (χ1) is 12.6. The maximum Gasteiger partial charge on any atom is 0.225 e. The van der Waals surface area contributed by atoms with Gasteiger partial charge >= 0.3 is 0 Å². The highest BCUT2D eigenvalue weighted by atomic mass is 16.2. The molecule has 0 atom stereocenters. The monoisotopic (exact) mass is 362 g/mol. The highest BCUT2D eigenvalue weighted by Crippen LogP contribution is 2.32. The third-order valence-electron chi connectivity index (χ3n) is 7.11. The average Bonchev–Trinajstić information content (AvgIpc) is 2.69. The minimum absolute atomic E-state index is 0.182. The minimum atomic E-state index is 0.182. The van der Waals surface area contributed by atoms with E-state index in [1.165, 1.54) is 64.6 Å². The second-order valence-corrected chi connectivity index (χ2v) is 8.97. The molecule has 0 bridgehead atoms. The number of rotatable bonds is 6. The summed E-state index contributed by atoms with van der Waals surface area (Å²) < 4.78 is 0. The lowest BCUT2D eigenvalue weighted by Crippen LogP contribution is -2.43. The van der Waals surface area contributed by atoms with Crippen molar-refractivity contribution in [2.24, 2.45) is 17.8 Å². The van der Waals surface area contributed by atoms with Crippen LogP contribution in [0.15, 0.2) is 0 Å². The number of likely N-dealkylation sites (tertiary alicyclic amines) is 2. The molecule has 148 valence electrons. The number of hydrogen-bond donors (Lipinski definition) is 0. The van der Waals surface area contributed by atoms with Gasteiger partial charge in [0.15, 0.2) is 0 Å². The van der Waals surface area contributed by atoms with Crippen LogP contribution >= 0.6 is 0 Å². The maximum absolute atomic E-state index is 12.8. The molecule has 3 fully saturated rings. The van der Waals surface area contributed by atoms with E-state index in [-0.39, 0.29) is 11.8 Å². The Labute approximate surface area is 159 Å². The Hall–Kier alpha value is -0.900. The molecule has 0 aromatic rings. The molecule has 0 unspecified atom stereocenters. The quantitative estimate of drug-likeness (QED) is 0.720. The van der Waals surface area contributed by atoms with Gasteiger partial charge in [-0.05, 0) is 96.7 Å². The van der Waals surface area contributed by atoms with Crippen LogP contribution in [0.25, 0.3) is 0 Å². The molecular formula is C22H38N2O2. The zero-order valence-corrected chi connectivity index (χ0v) is 16.8. The number of carbonyl (C=O) groups is 2. The molecule has 0 radical (unpaired) electrons. The predicted octanol–water partition coefficient (Wildman–Crippen LogP) is 3.89. The van der Waals surface area contributed by atoms with Gasteiger partial charge in [-0.1, -0.05) is 6.42 Å². The fourth-order valence-corrected chi connectivity index (χ4v) is 5.23. The summed E-state index contributed by atoms with van der Waals surface area (Å²) in [5.41, 5.74) is 0. The van der Waals surface area contributed by atoms with Gasteiger partial charge in [0.2, 0.25) is 5.91 Å². The van der Waals surface area contributed by atoms with Crippen molar-refractivity contribution in [2.45, 2.75) is 77.6 Å². The molecule has 0 aromatic heterocycles. The highest BCUT2D eigenvalue weighted by Gasteiger charge is 2.32. The summed E-state index contributed by atoms with van der Waals surface area (Å²) in [6.45, 7) is 7.50. The van der Waals surface area contributed by atoms with Crippen molar-refractivity contribution in [1.82, 2.24) is 9.80 Å². The second-order valence-electron chi connectivity index (χ2n) is 8.97. The van der Waals surface area contributed by atoms with E-state index in [1.807, 2.05) is 0 Å².